The molecule has 7 rings (SSSR count). The first-order valence-corrected chi connectivity index (χ1v) is 18.5. The smallest absolute Gasteiger partial charge is 0.229 e. The maximum Gasteiger partial charge on any atom is 0.229 e. The van der Waals surface area contributed by atoms with E-state index in [1.807, 2.05) is 12.3 Å². The van der Waals surface area contributed by atoms with E-state index in [4.69, 9.17) is 0 Å². The van der Waals surface area contributed by atoms with E-state index in [2.05, 4.69) is 82.1 Å². The highest BCUT2D eigenvalue weighted by atomic mass is 16.2. The maximum absolute atomic E-state index is 14.7. The van der Waals surface area contributed by atoms with Gasteiger partial charge in [0.1, 0.15) is 0 Å². The van der Waals surface area contributed by atoms with Gasteiger partial charge in [-0.05, 0) is 141 Å². The zero-order valence-electron chi connectivity index (χ0n) is 29.8. The number of piperazine rings is 1. The molecule has 5 nitrogen and oxygen atoms in total. The second-order valence-corrected chi connectivity index (χ2v) is 18.1. The Labute approximate surface area is 278 Å². The van der Waals surface area contributed by atoms with Crippen molar-refractivity contribution in [1.82, 2.24) is 14.8 Å². The fourth-order valence-electron chi connectivity index (χ4n) is 13.5. The number of amides is 1. The van der Waals surface area contributed by atoms with Gasteiger partial charge in [0.15, 0.2) is 5.78 Å². The van der Waals surface area contributed by atoms with Crippen LogP contribution in [0, 0.1) is 56.7 Å². The Bertz CT molecular complexity index is 1440. The number of fused-ring (bicyclic) bond motifs is 7. The van der Waals surface area contributed by atoms with E-state index in [0.29, 0.717) is 41.3 Å². The number of pyridine rings is 1. The van der Waals surface area contributed by atoms with Crippen molar-refractivity contribution in [2.75, 3.05) is 33.2 Å². The molecule has 6 aliphatic rings. The summed E-state index contributed by atoms with van der Waals surface area (Å²) in [6, 6.07) is 4.04. The van der Waals surface area contributed by atoms with E-state index in [0.717, 1.165) is 75.8 Å². The van der Waals surface area contributed by atoms with Gasteiger partial charge in [-0.2, -0.15) is 0 Å². The summed E-state index contributed by atoms with van der Waals surface area (Å²) in [6.45, 7) is 22.8. The topological polar surface area (TPSA) is 53.5 Å². The van der Waals surface area contributed by atoms with Crippen LogP contribution in [0.25, 0.3) is 6.08 Å². The molecular weight excluding hydrogens is 566 g/mol. The van der Waals surface area contributed by atoms with Gasteiger partial charge in [0.25, 0.3) is 0 Å². The minimum absolute atomic E-state index is 0.0556. The molecule has 1 amide bonds. The van der Waals surface area contributed by atoms with Crippen molar-refractivity contribution in [2.24, 2.45) is 56.7 Å². The molecule has 0 spiro atoms. The molecule has 1 aromatic rings. The Kier molecular flexibility index (Phi) is 7.63. The van der Waals surface area contributed by atoms with Crippen molar-refractivity contribution in [3.8, 4) is 0 Å². The average molecular weight is 626 g/mol. The van der Waals surface area contributed by atoms with E-state index in [-0.39, 0.29) is 27.1 Å². The summed E-state index contributed by atoms with van der Waals surface area (Å²) in [5, 5.41) is 0. The number of Topliss-reactive ketones (excluding diaryl/α,β-unsaturated/α-hetero) is 1. The van der Waals surface area contributed by atoms with Gasteiger partial charge in [-0.15, -0.1) is 0 Å². The third-order valence-electron chi connectivity index (χ3n) is 15.9. The van der Waals surface area contributed by atoms with Gasteiger partial charge < -0.3 is 9.80 Å². The maximum atomic E-state index is 14.7. The monoisotopic (exact) mass is 625 g/mol. The molecule has 1 aliphatic heterocycles. The highest BCUT2D eigenvalue weighted by Gasteiger charge is 2.72. The largest absolute Gasteiger partial charge is 0.340 e. The van der Waals surface area contributed by atoms with Gasteiger partial charge >= 0.3 is 0 Å². The van der Waals surface area contributed by atoms with Crippen molar-refractivity contribution >= 4 is 17.8 Å². The number of rotatable bonds is 3. The lowest BCUT2D eigenvalue weighted by atomic mass is 9.32. The van der Waals surface area contributed by atoms with Gasteiger partial charge in [-0.25, -0.2) is 0 Å². The second-order valence-electron chi connectivity index (χ2n) is 18.1. The van der Waals surface area contributed by atoms with E-state index < -0.39 is 0 Å². The molecule has 1 saturated heterocycles. The number of carbonyl (C=O) groups is 2. The quantitative estimate of drug-likeness (QED) is 0.252. The molecular formula is C41H59N3O2. The SMILES string of the molecule is C=C(C)[C@@H]1CC[C@]2(C(=O)N3CCN(C)CC3)CC[C@]3(C)[C@H](CC[C@@H]4[C@@]5(C)C/C(=C/c6cccnc6)C(=O)C(C)(C)[C@@H]5CC[C@]43C)[C@@H]12. The van der Waals surface area contributed by atoms with Crippen LogP contribution in [0.3, 0.4) is 0 Å². The van der Waals surface area contributed by atoms with Gasteiger partial charge in [0, 0.05) is 44.0 Å². The van der Waals surface area contributed by atoms with Gasteiger partial charge in [-0.1, -0.05) is 52.8 Å². The third-order valence-corrected chi connectivity index (χ3v) is 15.9. The molecule has 2 heterocycles. The molecule has 0 bridgehead atoms. The zero-order valence-corrected chi connectivity index (χ0v) is 29.8. The number of hydrogen-bond acceptors (Lipinski definition) is 4. The van der Waals surface area contributed by atoms with E-state index >= 15 is 0 Å². The highest BCUT2D eigenvalue weighted by molar-refractivity contribution is 6.04. The fourth-order valence-corrected chi connectivity index (χ4v) is 13.5. The number of likely N-dealkylation sites (N-methyl/N-ethyl adjacent to an activating group) is 1. The third kappa shape index (κ3) is 4.38. The molecule has 0 aromatic carbocycles. The Hall–Kier alpha value is -2.27. The number of aromatic nitrogens is 1. The lowest BCUT2D eigenvalue weighted by molar-refractivity contribution is -0.231. The molecule has 0 N–H and O–H groups in total. The molecule has 5 heteroatoms. The summed E-state index contributed by atoms with van der Waals surface area (Å²) in [6.07, 6.45) is 15.7. The lowest BCUT2D eigenvalue weighted by Gasteiger charge is -2.72. The highest BCUT2D eigenvalue weighted by Crippen LogP contribution is 2.77. The van der Waals surface area contributed by atoms with Gasteiger partial charge in [0.05, 0.1) is 5.41 Å². The Balaban J connectivity index is 1.26. The first kappa shape index (κ1) is 32.3. The molecule has 5 aliphatic carbocycles. The predicted molar refractivity (Wildman–Crippen MR) is 186 cm³/mol. The number of hydrogen-bond donors (Lipinski definition) is 0. The first-order valence-electron chi connectivity index (χ1n) is 18.5. The minimum atomic E-state index is -0.382. The Morgan fingerprint density at radius 3 is 2.35 bits per heavy atom. The lowest BCUT2D eigenvalue weighted by Crippen LogP contribution is -2.67. The number of carbonyl (C=O) groups excluding carboxylic acids is 2. The van der Waals surface area contributed by atoms with Crippen LogP contribution in [-0.4, -0.2) is 59.7 Å². The second kappa shape index (κ2) is 10.9. The summed E-state index contributed by atoms with van der Waals surface area (Å²) in [5.41, 5.74) is 3.09. The minimum Gasteiger partial charge on any atom is -0.340 e. The van der Waals surface area contributed by atoms with Crippen LogP contribution in [-0.2, 0) is 9.59 Å². The molecule has 0 unspecified atom stereocenters. The van der Waals surface area contributed by atoms with Crippen LogP contribution in [0.2, 0.25) is 0 Å². The number of allylic oxidation sites excluding steroid dienone is 2. The van der Waals surface area contributed by atoms with Crippen LogP contribution in [0.1, 0.15) is 105 Å². The fraction of sp³-hybridized carbons (Fsp3) is 0.732. The molecule has 250 valence electrons. The molecule has 1 aromatic heterocycles. The van der Waals surface area contributed by atoms with Gasteiger partial charge in [-0.3, -0.25) is 14.6 Å². The van der Waals surface area contributed by atoms with E-state index in [1.165, 1.54) is 24.8 Å². The summed E-state index contributed by atoms with van der Waals surface area (Å²) < 4.78 is 0. The van der Waals surface area contributed by atoms with Crippen LogP contribution < -0.4 is 0 Å². The summed E-state index contributed by atoms with van der Waals surface area (Å²) in [5.74, 6) is 3.10. The van der Waals surface area contributed by atoms with Crippen LogP contribution >= 0.6 is 0 Å². The van der Waals surface area contributed by atoms with Gasteiger partial charge in [0.2, 0.25) is 5.91 Å². The molecule has 5 saturated carbocycles. The van der Waals surface area contributed by atoms with Crippen LogP contribution in [0.5, 0.6) is 0 Å². The Morgan fingerprint density at radius 1 is 0.935 bits per heavy atom. The van der Waals surface area contributed by atoms with Crippen molar-refractivity contribution < 1.29 is 9.59 Å². The number of ketones is 1. The standard InChI is InChI=1S/C41H59N3O2/c1-27(2)30-13-16-41(36(46)44-22-20-43(8)21-23-44)18-17-39(6)31(34(30)41)11-12-33-38(5)25-29(24-28-10-9-19-42-26-28)35(45)37(3,4)32(38)14-15-40(33,39)7/h9-10,19,24,26,30-34H,1,11-18,20-23,25H2,2-8H3/b29-24-/t30-,31+,32-,33+,34+,38-,39+,40+,41-/m0/s1. The molecule has 0 radical (unpaired) electrons. The number of nitrogens with zero attached hydrogens (tertiary/aromatic N) is 3. The van der Waals surface area contributed by atoms with Crippen molar-refractivity contribution in [1.29, 1.82) is 0 Å². The molecule has 6 fully saturated rings. The Morgan fingerprint density at radius 2 is 1.67 bits per heavy atom. The van der Waals surface area contributed by atoms with E-state index in [1.54, 1.807) is 6.20 Å². The summed E-state index contributed by atoms with van der Waals surface area (Å²) >= 11 is 0. The average Bonchev–Trinajstić information content (AvgIpc) is 3.42. The normalized spacial score (nSPS) is 44.6. The van der Waals surface area contributed by atoms with Crippen LogP contribution in [0.4, 0.5) is 0 Å². The molecule has 9 atom stereocenters. The first-order chi connectivity index (χ1) is 21.7. The van der Waals surface area contributed by atoms with Crippen LogP contribution in [0.15, 0.2) is 42.3 Å². The van der Waals surface area contributed by atoms with Crippen molar-refractivity contribution in [3.63, 3.8) is 0 Å². The van der Waals surface area contributed by atoms with E-state index in [9.17, 15) is 9.59 Å². The summed E-state index contributed by atoms with van der Waals surface area (Å²) in [7, 11) is 2.18. The van der Waals surface area contributed by atoms with Crippen molar-refractivity contribution in [3.05, 3.63) is 47.8 Å². The zero-order chi connectivity index (χ0) is 32.9. The summed E-state index contributed by atoms with van der Waals surface area (Å²) in [4.78, 5) is 37.8. The molecule has 46 heavy (non-hydrogen) atoms. The van der Waals surface area contributed by atoms with Crippen molar-refractivity contribution in [2.45, 2.75) is 99.3 Å². The predicted octanol–water partition coefficient (Wildman–Crippen LogP) is 8.08.